The number of amides is 1. The molecule has 0 bridgehead atoms. The lowest BCUT2D eigenvalue weighted by atomic mass is 10.2. The number of nitrogens with one attached hydrogen (secondary N) is 2. The number of halogens is 1. The Bertz CT molecular complexity index is 593. The Balaban J connectivity index is 0.00000364. The lowest BCUT2D eigenvalue weighted by molar-refractivity contribution is -0.133. The monoisotopic (exact) mass is 487 g/mol. The molecule has 0 radical (unpaired) electrons. The molecule has 0 spiro atoms. The number of nitrogens with zero attached hydrogens (tertiary/aromatic N) is 3. The van der Waals surface area contributed by atoms with Gasteiger partial charge < -0.3 is 20.4 Å². The first-order chi connectivity index (χ1) is 12.5. The van der Waals surface area contributed by atoms with E-state index in [4.69, 9.17) is 4.99 Å². The molecule has 2 rings (SSSR count). The number of hydrogen-bond donors (Lipinski definition) is 2. The standard InChI is InChI=1S/C20H33N5O.HI/c1-5-21-20(22-12-14-24(4)18-9-7-6-8-10-18)23-17-11-13-25(15-17)19(26)16(2)3;/h6-10,16-17H,5,11-15H2,1-4H3,(H2,21,22,23);1H. The van der Waals surface area contributed by atoms with Crippen LogP contribution in [0.1, 0.15) is 27.2 Å². The fraction of sp³-hybridized carbons (Fsp3) is 0.600. The first-order valence-corrected chi connectivity index (χ1v) is 9.61. The summed E-state index contributed by atoms with van der Waals surface area (Å²) in [5.41, 5.74) is 1.19. The molecule has 7 heteroatoms. The van der Waals surface area contributed by atoms with Gasteiger partial charge in [0.15, 0.2) is 5.96 Å². The lowest BCUT2D eigenvalue weighted by Gasteiger charge is -2.21. The van der Waals surface area contributed by atoms with Gasteiger partial charge in [-0.05, 0) is 25.5 Å². The van der Waals surface area contributed by atoms with Crippen molar-refractivity contribution in [1.29, 1.82) is 0 Å². The van der Waals surface area contributed by atoms with E-state index in [0.717, 1.165) is 38.6 Å². The Kier molecular flexibility index (Phi) is 10.5. The topological polar surface area (TPSA) is 60.0 Å². The molecule has 0 saturated carbocycles. The van der Waals surface area contributed by atoms with Crippen LogP contribution in [0.3, 0.4) is 0 Å². The Hall–Kier alpha value is -1.51. The second-order valence-electron chi connectivity index (χ2n) is 7.09. The Labute approximate surface area is 180 Å². The van der Waals surface area contributed by atoms with Gasteiger partial charge in [0.1, 0.15) is 0 Å². The van der Waals surface area contributed by atoms with E-state index in [1.54, 1.807) is 0 Å². The largest absolute Gasteiger partial charge is 0.373 e. The number of aliphatic imine (C=N–C) groups is 1. The first kappa shape index (κ1) is 23.5. The Morgan fingerprint density at radius 2 is 2.04 bits per heavy atom. The number of anilines is 1. The zero-order chi connectivity index (χ0) is 18.9. The van der Waals surface area contributed by atoms with E-state index in [1.807, 2.05) is 36.9 Å². The van der Waals surface area contributed by atoms with Gasteiger partial charge in [-0.2, -0.15) is 0 Å². The summed E-state index contributed by atoms with van der Waals surface area (Å²) in [6, 6.07) is 10.6. The molecule has 1 atom stereocenters. The van der Waals surface area contributed by atoms with Crippen molar-refractivity contribution in [2.45, 2.75) is 33.2 Å². The molecule has 1 amide bonds. The smallest absolute Gasteiger partial charge is 0.225 e. The number of hydrogen-bond acceptors (Lipinski definition) is 3. The van der Waals surface area contributed by atoms with Crippen molar-refractivity contribution in [3.63, 3.8) is 0 Å². The van der Waals surface area contributed by atoms with Crippen LogP contribution in [0.25, 0.3) is 0 Å². The summed E-state index contributed by atoms with van der Waals surface area (Å²) in [6.45, 7) is 9.94. The SMILES string of the molecule is CCNC(=NCCN(C)c1ccccc1)NC1CCN(C(=O)C(C)C)C1.I. The van der Waals surface area contributed by atoms with Crippen molar-refractivity contribution in [2.24, 2.45) is 10.9 Å². The highest BCUT2D eigenvalue weighted by atomic mass is 127. The van der Waals surface area contributed by atoms with Crippen molar-refractivity contribution in [2.75, 3.05) is 44.7 Å². The molecular formula is C20H34IN5O. The minimum atomic E-state index is 0. The summed E-state index contributed by atoms with van der Waals surface area (Å²) in [4.78, 5) is 21.0. The number of rotatable bonds is 7. The third-order valence-electron chi connectivity index (χ3n) is 4.58. The van der Waals surface area contributed by atoms with Crippen LogP contribution in [0.5, 0.6) is 0 Å². The Morgan fingerprint density at radius 3 is 2.67 bits per heavy atom. The second-order valence-corrected chi connectivity index (χ2v) is 7.09. The van der Waals surface area contributed by atoms with Crippen LogP contribution in [0.4, 0.5) is 5.69 Å². The molecule has 152 valence electrons. The van der Waals surface area contributed by atoms with Gasteiger partial charge in [-0.1, -0.05) is 32.0 Å². The van der Waals surface area contributed by atoms with E-state index in [9.17, 15) is 4.79 Å². The molecule has 1 aliphatic heterocycles. The molecular weight excluding hydrogens is 453 g/mol. The van der Waals surface area contributed by atoms with Gasteiger partial charge in [0, 0.05) is 50.9 Å². The molecule has 0 aromatic heterocycles. The number of benzene rings is 1. The van der Waals surface area contributed by atoms with Gasteiger partial charge in [0.05, 0.1) is 6.54 Å². The molecule has 6 nitrogen and oxygen atoms in total. The predicted molar refractivity (Wildman–Crippen MR) is 124 cm³/mol. The van der Waals surface area contributed by atoms with Gasteiger partial charge in [-0.25, -0.2) is 0 Å². The maximum atomic E-state index is 12.1. The average Bonchev–Trinajstić information content (AvgIpc) is 3.10. The predicted octanol–water partition coefficient (Wildman–Crippen LogP) is 2.55. The van der Waals surface area contributed by atoms with Gasteiger partial charge in [-0.3, -0.25) is 9.79 Å². The third kappa shape index (κ3) is 7.56. The molecule has 1 heterocycles. The van der Waals surface area contributed by atoms with Crippen molar-refractivity contribution in [3.05, 3.63) is 30.3 Å². The van der Waals surface area contributed by atoms with Crippen LogP contribution >= 0.6 is 24.0 Å². The summed E-state index contributed by atoms with van der Waals surface area (Å²) >= 11 is 0. The zero-order valence-corrected chi connectivity index (χ0v) is 19.3. The molecule has 1 aromatic rings. The quantitative estimate of drug-likeness (QED) is 0.353. The normalized spacial score (nSPS) is 16.9. The highest BCUT2D eigenvalue weighted by Crippen LogP contribution is 2.13. The molecule has 1 aliphatic rings. The van der Waals surface area contributed by atoms with Gasteiger partial charge in [0.25, 0.3) is 0 Å². The number of likely N-dealkylation sites (N-methyl/N-ethyl adjacent to an activating group) is 1. The van der Waals surface area contributed by atoms with E-state index in [2.05, 4.69) is 41.6 Å². The van der Waals surface area contributed by atoms with E-state index < -0.39 is 0 Å². The van der Waals surface area contributed by atoms with Gasteiger partial charge in [-0.15, -0.1) is 24.0 Å². The molecule has 1 fully saturated rings. The lowest BCUT2D eigenvalue weighted by Crippen LogP contribution is -2.45. The van der Waals surface area contributed by atoms with E-state index in [1.165, 1.54) is 5.69 Å². The van der Waals surface area contributed by atoms with E-state index in [0.29, 0.717) is 6.54 Å². The van der Waals surface area contributed by atoms with Gasteiger partial charge >= 0.3 is 0 Å². The van der Waals surface area contributed by atoms with Crippen molar-refractivity contribution < 1.29 is 4.79 Å². The van der Waals surface area contributed by atoms with Crippen molar-refractivity contribution in [3.8, 4) is 0 Å². The van der Waals surface area contributed by atoms with E-state index in [-0.39, 0.29) is 41.8 Å². The molecule has 1 saturated heterocycles. The molecule has 2 N–H and O–H groups in total. The fourth-order valence-corrected chi connectivity index (χ4v) is 3.08. The van der Waals surface area contributed by atoms with Crippen LogP contribution in [0.15, 0.2) is 35.3 Å². The summed E-state index contributed by atoms with van der Waals surface area (Å²) in [5, 5.41) is 6.79. The number of para-hydroxylation sites is 1. The van der Waals surface area contributed by atoms with Crippen molar-refractivity contribution in [1.82, 2.24) is 15.5 Å². The van der Waals surface area contributed by atoms with Crippen LogP contribution in [0, 0.1) is 5.92 Å². The number of carbonyl (C=O) groups excluding carboxylic acids is 1. The van der Waals surface area contributed by atoms with Crippen LogP contribution < -0.4 is 15.5 Å². The summed E-state index contributed by atoms with van der Waals surface area (Å²) in [5.74, 6) is 1.13. The second kappa shape index (κ2) is 12.0. The molecule has 1 unspecified atom stereocenters. The zero-order valence-electron chi connectivity index (χ0n) is 16.9. The van der Waals surface area contributed by atoms with Crippen LogP contribution in [0.2, 0.25) is 0 Å². The number of likely N-dealkylation sites (tertiary alicyclic amines) is 1. The number of carbonyl (C=O) groups is 1. The van der Waals surface area contributed by atoms with Crippen LogP contribution in [-0.2, 0) is 4.79 Å². The Morgan fingerprint density at radius 1 is 1.33 bits per heavy atom. The van der Waals surface area contributed by atoms with Gasteiger partial charge in [0.2, 0.25) is 5.91 Å². The highest BCUT2D eigenvalue weighted by Gasteiger charge is 2.27. The minimum Gasteiger partial charge on any atom is -0.373 e. The molecule has 1 aromatic carbocycles. The average molecular weight is 487 g/mol. The van der Waals surface area contributed by atoms with E-state index >= 15 is 0 Å². The summed E-state index contributed by atoms with van der Waals surface area (Å²) in [7, 11) is 2.08. The third-order valence-corrected chi connectivity index (χ3v) is 4.58. The van der Waals surface area contributed by atoms with Crippen molar-refractivity contribution >= 4 is 41.5 Å². The summed E-state index contributed by atoms with van der Waals surface area (Å²) in [6.07, 6.45) is 0.965. The molecule has 0 aliphatic carbocycles. The maximum Gasteiger partial charge on any atom is 0.225 e. The van der Waals surface area contributed by atoms with Crippen LogP contribution in [-0.4, -0.2) is 62.6 Å². The maximum absolute atomic E-state index is 12.1. The number of guanidine groups is 1. The minimum absolute atomic E-state index is 0. The summed E-state index contributed by atoms with van der Waals surface area (Å²) < 4.78 is 0. The molecule has 27 heavy (non-hydrogen) atoms. The first-order valence-electron chi connectivity index (χ1n) is 9.61. The fourth-order valence-electron chi connectivity index (χ4n) is 3.08. The highest BCUT2D eigenvalue weighted by molar-refractivity contribution is 14.0.